The van der Waals surface area contributed by atoms with Gasteiger partial charge in [0, 0.05) is 5.54 Å². The Morgan fingerprint density at radius 1 is 0.947 bits per heavy atom. The van der Waals surface area contributed by atoms with Crippen LogP contribution in [0.3, 0.4) is 0 Å². The summed E-state index contributed by atoms with van der Waals surface area (Å²) in [5, 5.41) is 18.7. The number of benzene rings is 1. The summed E-state index contributed by atoms with van der Waals surface area (Å²) < 4.78 is 0. The van der Waals surface area contributed by atoms with E-state index in [2.05, 4.69) is 45.0 Å². The quantitative estimate of drug-likeness (QED) is 0.715. The molecule has 0 unspecified atom stereocenters. The van der Waals surface area contributed by atoms with Gasteiger partial charge in [0.15, 0.2) is 0 Å². The van der Waals surface area contributed by atoms with E-state index in [1.54, 1.807) is 0 Å². The topological polar surface area (TPSA) is 47.6 Å². The van der Waals surface area contributed by atoms with Crippen LogP contribution in [0.15, 0.2) is 30.3 Å². The second-order valence-corrected chi connectivity index (χ2v) is 10.5. The minimum atomic E-state index is -1.64. The Hall–Kier alpha value is -1.58. The maximum absolute atomic E-state index is 9.36. The fourth-order valence-corrected chi connectivity index (χ4v) is 7.72. The molecular weight excluding hydrogens is 248 g/mol. The van der Waals surface area contributed by atoms with E-state index in [1.165, 1.54) is 5.56 Å². The Balaban J connectivity index is 3.36. The standard InChI is InChI=1S/C16H22N2Si/c1-4-19(5-2,6-3)16(15(12-17)13-18)14-10-8-7-9-11-14/h7-11,15-16H,4-6H2,1-3H3/t16-/m1/s1. The number of hydrogen-bond acceptors (Lipinski definition) is 2. The van der Waals surface area contributed by atoms with Crippen molar-refractivity contribution in [2.24, 2.45) is 5.92 Å². The molecule has 0 radical (unpaired) electrons. The molecule has 0 saturated heterocycles. The van der Waals surface area contributed by atoms with Crippen LogP contribution in [-0.2, 0) is 0 Å². The van der Waals surface area contributed by atoms with E-state index in [1.807, 2.05) is 18.2 Å². The highest BCUT2D eigenvalue weighted by molar-refractivity contribution is 6.81. The predicted molar refractivity (Wildman–Crippen MR) is 81.1 cm³/mol. The van der Waals surface area contributed by atoms with Crippen LogP contribution in [0.1, 0.15) is 31.9 Å². The fourth-order valence-electron chi connectivity index (χ4n) is 3.15. The van der Waals surface area contributed by atoms with Gasteiger partial charge < -0.3 is 0 Å². The minimum absolute atomic E-state index is 0.128. The van der Waals surface area contributed by atoms with Gasteiger partial charge >= 0.3 is 0 Å². The first-order valence-electron chi connectivity index (χ1n) is 7.03. The summed E-state index contributed by atoms with van der Waals surface area (Å²) in [7, 11) is -1.64. The lowest BCUT2D eigenvalue weighted by Crippen LogP contribution is -2.43. The zero-order chi connectivity index (χ0) is 14.3. The van der Waals surface area contributed by atoms with Crippen molar-refractivity contribution in [3.05, 3.63) is 35.9 Å². The number of nitriles is 2. The molecule has 0 saturated carbocycles. The van der Waals surface area contributed by atoms with Gasteiger partial charge in [-0.3, -0.25) is 0 Å². The van der Waals surface area contributed by atoms with E-state index in [0.29, 0.717) is 0 Å². The first-order valence-corrected chi connectivity index (χ1v) is 9.73. The Morgan fingerprint density at radius 3 is 1.79 bits per heavy atom. The van der Waals surface area contributed by atoms with Gasteiger partial charge in [0.25, 0.3) is 0 Å². The van der Waals surface area contributed by atoms with Gasteiger partial charge in [-0.05, 0) is 5.56 Å². The summed E-state index contributed by atoms with van der Waals surface area (Å²) in [6, 6.07) is 18.0. The smallest absolute Gasteiger partial charge is 0.137 e. The summed E-state index contributed by atoms with van der Waals surface area (Å²) in [6.07, 6.45) is 0. The molecule has 0 aliphatic rings. The summed E-state index contributed by atoms with van der Waals surface area (Å²) >= 11 is 0. The number of nitrogens with zero attached hydrogens (tertiary/aromatic N) is 2. The van der Waals surface area contributed by atoms with Crippen LogP contribution >= 0.6 is 0 Å². The van der Waals surface area contributed by atoms with E-state index in [-0.39, 0.29) is 5.54 Å². The lowest BCUT2D eigenvalue weighted by molar-refractivity contribution is 0.746. The second kappa shape index (κ2) is 7.12. The molecule has 1 aromatic rings. The van der Waals surface area contributed by atoms with Gasteiger partial charge in [0.1, 0.15) is 5.92 Å². The molecule has 1 atom stereocenters. The number of hydrogen-bond donors (Lipinski definition) is 0. The first kappa shape index (κ1) is 15.5. The summed E-state index contributed by atoms with van der Waals surface area (Å²) in [5.74, 6) is -0.520. The van der Waals surface area contributed by atoms with Gasteiger partial charge in [-0.1, -0.05) is 69.2 Å². The lowest BCUT2D eigenvalue weighted by Gasteiger charge is -2.38. The van der Waals surface area contributed by atoms with Crippen LogP contribution in [0.25, 0.3) is 0 Å². The van der Waals surface area contributed by atoms with Crippen molar-refractivity contribution in [1.82, 2.24) is 0 Å². The van der Waals surface area contributed by atoms with Crippen molar-refractivity contribution in [2.45, 2.75) is 44.4 Å². The van der Waals surface area contributed by atoms with Crippen molar-refractivity contribution in [3.63, 3.8) is 0 Å². The monoisotopic (exact) mass is 270 g/mol. The molecule has 100 valence electrons. The molecule has 19 heavy (non-hydrogen) atoms. The van der Waals surface area contributed by atoms with Crippen LogP contribution in [0.5, 0.6) is 0 Å². The normalized spacial score (nSPS) is 12.7. The van der Waals surface area contributed by atoms with Gasteiger partial charge in [0.2, 0.25) is 0 Å². The molecule has 0 aliphatic heterocycles. The lowest BCUT2D eigenvalue weighted by atomic mass is 10.0. The highest BCUT2D eigenvalue weighted by Gasteiger charge is 2.42. The fraction of sp³-hybridized carbons (Fsp3) is 0.500. The maximum Gasteiger partial charge on any atom is 0.137 e. The van der Waals surface area contributed by atoms with Gasteiger partial charge in [-0.2, -0.15) is 10.5 Å². The molecule has 0 aromatic heterocycles. The molecule has 1 rings (SSSR count). The maximum atomic E-state index is 9.36. The Bertz CT molecular complexity index is 443. The van der Waals surface area contributed by atoms with Crippen LogP contribution in [0, 0.1) is 28.6 Å². The zero-order valence-corrected chi connectivity index (χ0v) is 13.1. The Kier molecular flexibility index (Phi) is 5.80. The van der Waals surface area contributed by atoms with Crippen LogP contribution in [0.2, 0.25) is 18.1 Å². The molecule has 0 spiro atoms. The SMILES string of the molecule is CC[Si](CC)(CC)[C@H](c1ccccc1)C(C#N)C#N. The molecule has 0 fully saturated rings. The molecule has 2 nitrogen and oxygen atoms in total. The second-order valence-electron chi connectivity index (χ2n) is 5.05. The van der Waals surface area contributed by atoms with Crippen LogP contribution < -0.4 is 0 Å². The highest BCUT2D eigenvalue weighted by atomic mass is 28.3. The van der Waals surface area contributed by atoms with E-state index >= 15 is 0 Å². The van der Waals surface area contributed by atoms with Crippen LogP contribution in [-0.4, -0.2) is 8.07 Å². The molecular formula is C16H22N2Si. The van der Waals surface area contributed by atoms with E-state index in [4.69, 9.17) is 0 Å². The summed E-state index contributed by atoms with van der Waals surface area (Å²) in [4.78, 5) is 0. The number of rotatable bonds is 6. The molecule has 0 aliphatic carbocycles. The average molecular weight is 270 g/mol. The zero-order valence-electron chi connectivity index (χ0n) is 12.1. The molecule has 1 aromatic carbocycles. The minimum Gasteiger partial charge on any atom is -0.197 e. The van der Waals surface area contributed by atoms with Crippen molar-refractivity contribution in [3.8, 4) is 12.1 Å². The predicted octanol–water partition coefficient (Wildman–Crippen LogP) is 4.48. The van der Waals surface area contributed by atoms with Crippen molar-refractivity contribution in [2.75, 3.05) is 0 Å². The Labute approximate surface area is 117 Å². The molecule has 0 bridgehead atoms. The average Bonchev–Trinajstić information content (AvgIpc) is 2.49. The summed E-state index contributed by atoms with van der Waals surface area (Å²) in [6.45, 7) is 6.67. The van der Waals surface area contributed by atoms with E-state index in [9.17, 15) is 10.5 Å². The molecule has 0 N–H and O–H groups in total. The third-order valence-electron chi connectivity index (χ3n) is 4.54. The largest absolute Gasteiger partial charge is 0.197 e. The Morgan fingerprint density at radius 2 is 1.42 bits per heavy atom. The van der Waals surface area contributed by atoms with Gasteiger partial charge in [-0.15, -0.1) is 0 Å². The van der Waals surface area contributed by atoms with Crippen molar-refractivity contribution < 1.29 is 0 Å². The van der Waals surface area contributed by atoms with E-state index in [0.717, 1.165) is 18.1 Å². The third kappa shape index (κ3) is 3.06. The van der Waals surface area contributed by atoms with Crippen molar-refractivity contribution >= 4 is 8.07 Å². The van der Waals surface area contributed by atoms with Gasteiger partial charge in [0.05, 0.1) is 20.2 Å². The van der Waals surface area contributed by atoms with Crippen LogP contribution in [0.4, 0.5) is 0 Å². The van der Waals surface area contributed by atoms with Gasteiger partial charge in [-0.25, -0.2) is 0 Å². The summed E-state index contributed by atoms with van der Waals surface area (Å²) in [5.41, 5.74) is 1.30. The molecule has 0 amide bonds. The first-order chi connectivity index (χ1) is 9.18. The third-order valence-corrected chi connectivity index (χ3v) is 10.8. The molecule has 3 heteroatoms. The highest BCUT2D eigenvalue weighted by Crippen LogP contribution is 2.40. The molecule has 0 heterocycles. The van der Waals surface area contributed by atoms with E-state index < -0.39 is 14.0 Å². The van der Waals surface area contributed by atoms with Crippen molar-refractivity contribution in [1.29, 1.82) is 10.5 Å².